The molecule has 0 fully saturated rings. The molecule has 0 N–H and O–H groups in total. The van der Waals surface area contributed by atoms with Gasteiger partial charge in [-0.3, -0.25) is 9.69 Å². The van der Waals surface area contributed by atoms with Crippen LogP contribution in [-0.2, 0) is 6.54 Å². The number of carbonyl (C=O) groups is 1. The average molecular weight is 421 g/mol. The van der Waals surface area contributed by atoms with E-state index in [0.29, 0.717) is 17.7 Å². The Hall–Kier alpha value is -0.560. The first kappa shape index (κ1) is 15.8. The molecule has 1 heterocycles. The van der Waals surface area contributed by atoms with Crippen LogP contribution >= 0.6 is 43.2 Å². The van der Waals surface area contributed by atoms with Gasteiger partial charge in [0, 0.05) is 17.7 Å². The molecule has 0 bridgehead atoms. The van der Waals surface area contributed by atoms with Crippen molar-refractivity contribution < 1.29 is 9.18 Å². The summed E-state index contributed by atoms with van der Waals surface area (Å²) in [6.45, 7) is 0.650. The number of ketones is 1. The van der Waals surface area contributed by atoms with Crippen molar-refractivity contribution in [2.75, 3.05) is 13.6 Å². The first-order valence-corrected chi connectivity index (χ1v) is 8.27. The summed E-state index contributed by atoms with van der Waals surface area (Å²) < 4.78 is 15.3. The van der Waals surface area contributed by atoms with Crippen LogP contribution < -0.4 is 0 Å². The Morgan fingerprint density at radius 1 is 1.35 bits per heavy atom. The Morgan fingerprint density at radius 3 is 2.65 bits per heavy atom. The third-order valence-electron chi connectivity index (χ3n) is 2.77. The summed E-state index contributed by atoms with van der Waals surface area (Å²) in [6.07, 6.45) is 0. The number of thiophene rings is 1. The number of benzene rings is 1. The standard InChI is InChI=1S/C14H12Br2FNOS/c1-18(7-9-4-2-3-5-11(9)17)8-12(19)10-6-13(15)20-14(10)16/h2-6H,7-8H2,1H3. The number of rotatable bonds is 5. The van der Waals surface area contributed by atoms with Gasteiger partial charge in [-0.2, -0.15) is 0 Å². The molecule has 2 aromatic rings. The molecule has 20 heavy (non-hydrogen) atoms. The molecule has 0 atom stereocenters. The van der Waals surface area contributed by atoms with Gasteiger partial charge >= 0.3 is 0 Å². The molecule has 2 nitrogen and oxygen atoms in total. The maximum atomic E-state index is 13.6. The van der Waals surface area contributed by atoms with Crippen LogP contribution in [0.4, 0.5) is 4.39 Å². The van der Waals surface area contributed by atoms with Crippen molar-refractivity contribution in [2.24, 2.45) is 0 Å². The fourth-order valence-electron chi connectivity index (χ4n) is 1.83. The van der Waals surface area contributed by atoms with E-state index >= 15 is 0 Å². The smallest absolute Gasteiger partial charge is 0.178 e. The predicted octanol–water partition coefficient (Wildman–Crippen LogP) is 4.73. The monoisotopic (exact) mass is 419 g/mol. The first-order chi connectivity index (χ1) is 9.47. The third kappa shape index (κ3) is 3.97. The minimum Gasteiger partial charge on any atom is -0.294 e. The van der Waals surface area contributed by atoms with Gasteiger partial charge in [0.2, 0.25) is 0 Å². The molecule has 0 amide bonds. The summed E-state index contributed by atoms with van der Waals surface area (Å²) in [4.78, 5) is 14.0. The Morgan fingerprint density at radius 2 is 2.05 bits per heavy atom. The summed E-state index contributed by atoms with van der Waals surface area (Å²) in [5.74, 6) is -0.232. The highest BCUT2D eigenvalue weighted by Gasteiger charge is 2.16. The number of carbonyl (C=O) groups excluding carboxylic acids is 1. The summed E-state index contributed by atoms with van der Waals surface area (Å²) in [6, 6.07) is 8.41. The molecule has 0 radical (unpaired) electrons. The van der Waals surface area contributed by atoms with Gasteiger partial charge in [-0.1, -0.05) is 18.2 Å². The van der Waals surface area contributed by atoms with Crippen LogP contribution in [0.2, 0.25) is 0 Å². The van der Waals surface area contributed by atoms with E-state index in [1.165, 1.54) is 17.4 Å². The van der Waals surface area contributed by atoms with Crippen LogP contribution in [0.25, 0.3) is 0 Å². The minimum absolute atomic E-state index is 0.0117. The number of Topliss-reactive ketones (excluding diaryl/α,β-unsaturated/α-hetero) is 1. The molecule has 0 aliphatic rings. The van der Waals surface area contributed by atoms with Gasteiger partial charge in [-0.15, -0.1) is 11.3 Å². The Bertz CT molecular complexity index is 629. The van der Waals surface area contributed by atoms with Gasteiger partial charge < -0.3 is 0 Å². The van der Waals surface area contributed by atoms with Gasteiger partial charge in [0.25, 0.3) is 0 Å². The zero-order chi connectivity index (χ0) is 14.7. The van der Waals surface area contributed by atoms with Gasteiger partial charge in [0.15, 0.2) is 5.78 Å². The van der Waals surface area contributed by atoms with Crippen LogP contribution in [0.15, 0.2) is 37.9 Å². The van der Waals surface area contributed by atoms with Gasteiger partial charge in [-0.05, 0) is 51.0 Å². The molecule has 0 saturated carbocycles. The van der Waals surface area contributed by atoms with Gasteiger partial charge in [-0.25, -0.2) is 4.39 Å². The van der Waals surface area contributed by atoms with E-state index in [-0.39, 0.29) is 18.1 Å². The largest absolute Gasteiger partial charge is 0.294 e. The van der Waals surface area contributed by atoms with E-state index < -0.39 is 0 Å². The molecule has 6 heteroatoms. The van der Waals surface area contributed by atoms with Crippen molar-refractivity contribution in [2.45, 2.75) is 6.54 Å². The van der Waals surface area contributed by atoms with Crippen molar-refractivity contribution in [3.8, 4) is 0 Å². The zero-order valence-corrected chi connectivity index (χ0v) is 14.7. The number of likely N-dealkylation sites (N-methyl/N-ethyl adjacent to an activating group) is 1. The first-order valence-electron chi connectivity index (χ1n) is 5.87. The summed E-state index contributed by atoms with van der Waals surface area (Å²) in [5, 5.41) is 0. The van der Waals surface area contributed by atoms with Gasteiger partial charge in [0.1, 0.15) is 5.82 Å². The molecular formula is C14H12Br2FNOS. The molecule has 0 aliphatic heterocycles. The van der Waals surface area contributed by atoms with Crippen molar-refractivity contribution in [3.63, 3.8) is 0 Å². The van der Waals surface area contributed by atoms with Crippen LogP contribution in [0.3, 0.4) is 0 Å². The maximum absolute atomic E-state index is 13.6. The Balaban J connectivity index is 2.01. The molecule has 2 rings (SSSR count). The van der Waals surface area contributed by atoms with E-state index in [2.05, 4.69) is 31.9 Å². The summed E-state index contributed by atoms with van der Waals surface area (Å²) >= 11 is 8.19. The topological polar surface area (TPSA) is 20.3 Å². The highest BCUT2D eigenvalue weighted by atomic mass is 79.9. The lowest BCUT2D eigenvalue weighted by atomic mass is 10.2. The normalized spacial score (nSPS) is 11.1. The van der Waals surface area contributed by atoms with E-state index in [9.17, 15) is 9.18 Å². The molecule has 1 aromatic carbocycles. The van der Waals surface area contributed by atoms with Crippen LogP contribution in [0, 0.1) is 5.82 Å². The number of hydrogen-bond acceptors (Lipinski definition) is 3. The second-order valence-electron chi connectivity index (χ2n) is 4.42. The van der Waals surface area contributed by atoms with Crippen molar-refractivity contribution in [3.05, 3.63) is 54.8 Å². The minimum atomic E-state index is -0.244. The van der Waals surface area contributed by atoms with Gasteiger partial charge in [0.05, 0.1) is 14.1 Å². The Kier molecular flexibility index (Phi) is 5.49. The fraction of sp³-hybridized carbons (Fsp3) is 0.214. The quantitative estimate of drug-likeness (QED) is 0.652. The van der Waals surface area contributed by atoms with E-state index in [0.717, 1.165) is 7.57 Å². The van der Waals surface area contributed by atoms with Crippen molar-refractivity contribution >= 4 is 49.0 Å². The van der Waals surface area contributed by atoms with Crippen molar-refractivity contribution in [1.82, 2.24) is 4.90 Å². The maximum Gasteiger partial charge on any atom is 0.178 e. The molecule has 106 valence electrons. The van der Waals surface area contributed by atoms with E-state index in [4.69, 9.17) is 0 Å². The molecule has 0 unspecified atom stereocenters. The molecule has 1 aromatic heterocycles. The lowest BCUT2D eigenvalue weighted by Crippen LogP contribution is -2.26. The lowest BCUT2D eigenvalue weighted by Gasteiger charge is -2.16. The van der Waals surface area contributed by atoms with E-state index in [1.807, 2.05) is 0 Å². The van der Waals surface area contributed by atoms with Crippen LogP contribution in [0.5, 0.6) is 0 Å². The zero-order valence-electron chi connectivity index (χ0n) is 10.7. The fourth-order valence-corrected chi connectivity index (χ4v) is 4.69. The van der Waals surface area contributed by atoms with Crippen molar-refractivity contribution in [1.29, 1.82) is 0 Å². The van der Waals surface area contributed by atoms with Crippen LogP contribution in [-0.4, -0.2) is 24.3 Å². The third-order valence-corrected chi connectivity index (χ3v) is 5.11. The van der Waals surface area contributed by atoms with Crippen LogP contribution in [0.1, 0.15) is 15.9 Å². The number of hydrogen-bond donors (Lipinski definition) is 0. The average Bonchev–Trinajstić information content (AvgIpc) is 2.71. The SMILES string of the molecule is CN(CC(=O)c1cc(Br)sc1Br)Cc1ccccc1F. The molecular weight excluding hydrogens is 409 g/mol. The second-order valence-corrected chi connectivity index (χ2v) is 8.17. The lowest BCUT2D eigenvalue weighted by molar-refractivity contribution is 0.0942. The number of nitrogens with zero attached hydrogens (tertiary/aromatic N) is 1. The Labute approximate surface area is 137 Å². The molecule has 0 spiro atoms. The summed E-state index contributed by atoms with van der Waals surface area (Å²) in [7, 11) is 1.81. The second kappa shape index (κ2) is 6.93. The highest BCUT2D eigenvalue weighted by molar-refractivity contribution is 9.12. The highest BCUT2D eigenvalue weighted by Crippen LogP contribution is 2.32. The summed E-state index contributed by atoms with van der Waals surface area (Å²) in [5.41, 5.74) is 1.25. The number of halogens is 3. The van der Waals surface area contributed by atoms with E-state index in [1.54, 1.807) is 36.2 Å². The molecule has 0 aliphatic carbocycles. The predicted molar refractivity (Wildman–Crippen MR) is 86.8 cm³/mol. The molecule has 0 saturated heterocycles.